The highest BCUT2D eigenvalue weighted by Crippen LogP contribution is 2.19. The molecular formula is C12H29NO2Si. The first-order valence-electron chi connectivity index (χ1n) is 6.72. The van der Waals surface area contributed by atoms with Crippen molar-refractivity contribution in [2.75, 3.05) is 19.8 Å². The summed E-state index contributed by atoms with van der Waals surface area (Å²) in [6.07, 6.45) is 4.59. The fraction of sp³-hybridized carbons (Fsp3) is 1.00. The monoisotopic (exact) mass is 247 g/mol. The Morgan fingerprint density at radius 1 is 0.938 bits per heavy atom. The van der Waals surface area contributed by atoms with Crippen LogP contribution in [-0.4, -0.2) is 28.3 Å². The molecular weight excluding hydrogens is 218 g/mol. The summed E-state index contributed by atoms with van der Waals surface area (Å²) in [5.74, 6) is 0. The van der Waals surface area contributed by atoms with Gasteiger partial charge in [-0.25, -0.2) is 0 Å². The zero-order valence-corrected chi connectivity index (χ0v) is 12.3. The molecule has 4 heteroatoms. The first-order valence-corrected chi connectivity index (χ1v) is 8.95. The lowest BCUT2D eigenvalue weighted by atomic mass is 10.4. The molecule has 0 fully saturated rings. The van der Waals surface area contributed by atoms with E-state index in [1.54, 1.807) is 0 Å². The first-order chi connectivity index (χ1) is 7.74. The summed E-state index contributed by atoms with van der Waals surface area (Å²) >= 11 is 0. The van der Waals surface area contributed by atoms with Crippen molar-refractivity contribution in [3.63, 3.8) is 0 Å². The molecule has 0 aliphatic rings. The lowest BCUT2D eigenvalue weighted by Crippen LogP contribution is -2.43. The number of unbranched alkanes of at least 4 members (excludes halogenated alkanes) is 2. The average molecular weight is 247 g/mol. The van der Waals surface area contributed by atoms with Crippen molar-refractivity contribution in [3.05, 3.63) is 0 Å². The van der Waals surface area contributed by atoms with Crippen LogP contribution in [0.3, 0.4) is 0 Å². The maximum Gasteiger partial charge on any atom is 0.339 e. The molecule has 0 radical (unpaired) electrons. The van der Waals surface area contributed by atoms with Gasteiger partial charge in [-0.05, 0) is 25.4 Å². The van der Waals surface area contributed by atoms with E-state index >= 15 is 0 Å². The summed E-state index contributed by atoms with van der Waals surface area (Å²) in [6.45, 7) is 8.88. The second-order valence-corrected chi connectivity index (χ2v) is 7.81. The normalized spacial score (nSPS) is 12.0. The molecule has 0 rings (SSSR count). The number of nitrogens with two attached hydrogens (primary N) is 1. The van der Waals surface area contributed by atoms with E-state index in [1.165, 1.54) is 12.8 Å². The van der Waals surface area contributed by atoms with Crippen LogP contribution in [0, 0.1) is 0 Å². The minimum atomic E-state index is -1.97. The standard InChI is InChI=1S/C12H29NO2Si/c1-4-7-10-14-16(6-3,12-9-13)15-11-8-5-2/h4-13H2,1-3H3. The summed E-state index contributed by atoms with van der Waals surface area (Å²) in [4.78, 5) is 0. The zero-order chi connectivity index (χ0) is 12.3. The van der Waals surface area contributed by atoms with Gasteiger partial charge < -0.3 is 14.6 Å². The number of rotatable bonds is 11. The fourth-order valence-corrected chi connectivity index (χ4v) is 4.20. The summed E-state index contributed by atoms with van der Waals surface area (Å²) in [7, 11) is -1.97. The van der Waals surface area contributed by atoms with Gasteiger partial charge in [-0.3, -0.25) is 0 Å². The van der Waals surface area contributed by atoms with Crippen molar-refractivity contribution in [1.82, 2.24) is 0 Å². The Kier molecular flexibility index (Phi) is 10.3. The van der Waals surface area contributed by atoms with Crippen LogP contribution in [0.2, 0.25) is 12.1 Å². The minimum Gasteiger partial charge on any atom is -0.394 e. The maximum absolute atomic E-state index is 6.04. The molecule has 0 aromatic carbocycles. The maximum atomic E-state index is 6.04. The third-order valence-electron chi connectivity index (χ3n) is 2.79. The van der Waals surface area contributed by atoms with Gasteiger partial charge in [0.25, 0.3) is 0 Å². The number of hydrogen-bond acceptors (Lipinski definition) is 3. The molecule has 0 amide bonds. The van der Waals surface area contributed by atoms with Gasteiger partial charge in [0.2, 0.25) is 0 Å². The summed E-state index contributed by atoms with van der Waals surface area (Å²) in [6, 6.07) is 1.94. The molecule has 0 spiro atoms. The van der Waals surface area contributed by atoms with Crippen molar-refractivity contribution in [2.45, 2.75) is 58.5 Å². The predicted octanol–water partition coefficient (Wildman–Crippen LogP) is 3.04. The van der Waals surface area contributed by atoms with Crippen LogP contribution >= 0.6 is 0 Å². The Morgan fingerprint density at radius 3 is 1.75 bits per heavy atom. The van der Waals surface area contributed by atoms with Gasteiger partial charge in [-0.15, -0.1) is 0 Å². The van der Waals surface area contributed by atoms with Crippen molar-refractivity contribution < 1.29 is 8.85 Å². The molecule has 0 aromatic rings. The topological polar surface area (TPSA) is 44.5 Å². The smallest absolute Gasteiger partial charge is 0.339 e. The Bertz CT molecular complexity index is 146. The van der Waals surface area contributed by atoms with Gasteiger partial charge in [-0.1, -0.05) is 33.6 Å². The summed E-state index contributed by atoms with van der Waals surface area (Å²) in [5.41, 5.74) is 5.67. The van der Waals surface area contributed by atoms with E-state index in [0.29, 0.717) is 6.54 Å². The lowest BCUT2D eigenvalue weighted by molar-refractivity contribution is 0.164. The van der Waals surface area contributed by atoms with E-state index in [2.05, 4.69) is 20.8 Å². The third kappa shape index (κ3) is 6.63. The van der Waals surface area contributed by atoms with Gasteiger partial charge in [0.15, 0.2) is 0 Å². The zero-order valence-electron chi connectivity index (χ0n) is 11.3. The quantitative estimate of drug-likeness (QED) is 0.451. The molecule has 3 nitrogen and oxygen atoms in total. The van der Waals surface area contributed by atoms with E-state index < -0.39 is 8.56 Å². The van der Waals surface area contributed by atoms with Crippen molar-refractivity contribution in [2.24, 2.45) is 5.73 Å². The molecule has 0 saturated carbocycles. The largest absolute Gasteiger partial charge is 0.394 e. The van der Waals surface area contributed by atoms with Gasteiger partial charge in [0, 0.05) is 19.3 Å². The highest BCUT2D eigenvalue weighted by atomic mass is 28.4. The Labute approximate surface area is 102 Å². The summed E-state index contributed by atoms with van der Waals surface area (Å²) in [5, 5.41) is 0. The van der Waals surface area contributed by atoms with E-state index in [4.69, 9.17) is 14.6 Å². The second-order valence-electron chi connectivity index (χ2n) is 4.21. The number of hydrogen-bond donors (Lipinski definition) is 1. The lowest BCUT2D eigenvalue weighted by Gasteiger charge is -2.29. The van der Waals surface area contributed by atoms with E-state index in [0.717, 1.165) is 38.1 Å². The summed E-state index contributed by atoms with van der Waals surface area (Å²) < 4.78 is 12.1. The van der Waals surface area contributed by atoms with Crippen LogP contribution in [0.1, 0.15) is 46.5 Å². The second kappa shape index (κ2) is 10.3. The van der Waals surface area contributed by atoms with Crippen molar-refractivity contribution in [3.8, 4) is 0 Å². The molecule has 0 aliphatic heterocycles. The molecule has 0 aromatic heterocycles. The van der Waals surface area contributed by atoms with Crippen LogP contribution < -0.4 is 5.73 Å². The third-order valence-corrected chi connectivity index (χ3v) is 6.38. The highest BCUT2D eigenvalue weighted by molar-refractivity contribution is 6.67. The van der Waals surface area contributed by atoms with Gasteiger partial charge in [0.05, 0.1) is 0 Å². The fourth-order valence-electron chi connectivity index (χ4n) is 1.59. The highest BCUT2D eigenvalue weighted by Gasteiger charge is 2.34. The minimum absolute atomic E-state index is 0.679. The molecule has 0 unspecified atom stereocenters. The van der Waals surface area contributed by atoms with Crippen LogP contribution in [0.15, 0.2) is 0 Å². The van der Waals surface area contributed by atoms with E-state index in [9.17, 15) is 0 Å². The predicted molar refractivity (Wildman–Crippen MR) is 71.8 cm³/mol. The molecule has 2 N–H and O–H groups in total. The molecule has 98 valence electrons. The SMILES string of the molecule is CCCCO[Si](CC)(CCN)OCCCC. The van der Waals surface area contributed by atoms with Crippen LogP contribution in [0.4, 0.5) is 0 Å². The Hall–Kier alpha value is 0.0969. The van der Waals surface area contributed by atoms with E-state index in [1.807, 2.05) is 0 Å². The van der Waals surface area contributed by atoms with Gasteiger partial charge in [-0.2, -0.15) is 0 Å². The Morgan fingerprint density at radius 2 is 1.44 bits per heavy atom. The molecule has 0 bridgehead atoms. The Balaban J connectivity index is 4.09. The van der Waals surface area contributed by atoms with Crippen molar-refractivity contribution >= 4 is 8.56 Å². The van der Waals surface area contributed by atoms with Crippen LogP contribution in [0.5, 0.6) is 0 Å². The van der Waals surface area contributed by atoms with Crippen molar-refractivity contribution in [1.29, 1.82) is 0 Å². The van der Waals surface area contributed by atoms with Crippen LogP contribution in [-0.2, 0) is 8.85 Å². The van der Waals surface area contributed by atoms with E-state index in [-0.39, 0.29) is 0 Å². The van der Waals surface area contributed by atoms with Gasteiger partial charge in [0.1, 0.15) is 0 Å². The molecule has 0 heterocycles. The molecule has 0 saturated heterocycles. The van der Waals surface area contributed by atoms with Gasteiger partial charge >= 0.3 is 8.56 Å². The molecule has 0 aliphatic carbocycles. The first kappa shape index (κ1) is 16.1. The molecule has 0 atom stereocenters. The van der Waals surface area contributed by atoms with Crippen LogP contribution in [0.25, 0.3) is 0 Å². The average Bonchev–Trinajstić information content (AvgIpc) is 2.29. The molecule has 16 heavy (non-hydrogen) atoms.